The number of nitrogens with one attached hydrogen (secondary N) is 1. The second-order valence-corrected chi connectivity index (χ2v) is 8.07. The van der Waals surface area contributed by atoms with Crippen molar-refractivity contribution in [2.75, 3.05) is 15.9 Å². The molecule has 2 aromatic carbocycles. The molecule has 0 aromatic heterocycles. The number of aryl methyl sites for hydroxylation is 1. The quantitative estimate of drug-likeness (QED) is 0.828. The first-order valence-electron chi connectivity index (χ1n) is 7.52. The zero-order valence-electron chi connectivity index (χ0n) is 14.3. The highest BCUT2D eigenvalue weighted by Gasteiger charge is 2.30. The van der Waals surface area contributed by atoms with Crippen LogP contribution in [0.15, 0.2) is 36.4 Å². The highest BCUT2D eigenvalue weighted by atomic mass is 35.5. The summed E-state index contributed by atoms with van der Waals surface area (Å²) in [5, 5.41) is 2.58. The van der Waals surface area contributed by atoms with Gasteiger partial charge in [-0.2, -0.15) is 0 Å². The molecule has 0 bridgehead atoms. The first-order chi connectivity index (χ1) is 12.0. The van der Waals surface area contributed by atoms with Gasteiger partial charge in [-0.3, -0.25) is 9.10 Å². The molecule has 0 fully saturated rings. The second-order valence-electron chi connectivity index (χ2n) is 5.78. The molecule has 0 radical (unpaired) electrons. The molecule has 9 heteroatoms. The van der Waals surface area contributed by atoms with E-state index in [-0.39, 0.29) is 11.4 Å². The van der Waals surface area contributed by atoms with Crippen LogP contribution in [0.2, 0.25) is 5.02 Å². The van der Waals surface area contributed by atoms with Crippen LogP contribution >= 0.6 is 11.6 Å². The van der Waals surface area contributed by atoms with Gasteiger partial charge in [0.15, 0.2) is 0 Å². The SMILES string of the molecule is Cc1ccc(Cl)cc1N([C@H](C)C(=O)Nc1ccc(F)cc1F)S(C)(=O)=O. The molecule has 1 N–H and O–H groups in total. The lowest BCUT2D eigenvalue weighted by Gasteiger charge is -2.29. The summed E-state index contributed by atoms with van der Waals surface area (Å²) in [6.07, 6.45) is 0.954. The van der Waals surface area contributed by atoms with Crippen LogP contribution in [0.25, 0.3) is 0 Å². The van der Waals surface area contributed by atoms with E-state index in [0.717, 1.165) is 22.7 Å². The van der Waals surface area contributed by atoms with Gasteiger partial charge in [-0.1, -0.05) is 17.7 Å². The van der Waals surface area contributed by atoms with Gasteiger partial charge in [-0.25, -0.2) is 17.2 Å². The summed E-state index contributed by atoms with van der Waals surface area (Å²) >= 11 is 5.95. The number of amides is 1. The maximum Gasteiger partial charge on any atom is 0.248 e. The lowest BCUT2D eigenvalue weighted by Crippen LogP contribution is -2.45. The Morgan fingerprint density at radius 1 is 1.19 bits per heavy atom. The molecule has 5 nitrogen and oxygen atoms in total. The van der Waals surface area contributed by atoms with Crippen LogP contribution in [0.1, 0.15) is 12.5 Å². The summed E-state index contributed by atoms with van der Waals surface area (Å²) in [7, 11) is -3.85. The van der Waals surface area contributed by atoms with Crippen molar-refractivity contribution in [3.05, 3.63) is 58.6 Å². The van der Waals surface area contributed by atoms with Crippen molar-refractivity contribution in [1.82, 2.24) is 0 Å². The zero-order chi connectivity index (χ0) is 19.6. The summed E-state index contributed by atoms with van der Waals surface area (Å²) in [6, 6.07) is 6.12. The number of benzene rings is 2. The fraction of sp³-hybridized carbons (Fsp3) is 0.235. The number of hydrogen-bond donors (Lipinski definition) is 1. The Balaban J connectivity index is 2.39. The molecule has 0 saturated heterocycles. The molecule has 140 valence electrons. The van der Waals surface area contributed by atoms with Crippen molar-refractivity contribution < 1.29 is 22.0 Å². The van der Waals surface area contributed by atoms with Crippen molar-refractivity contribution in [2.24, 2.45) is 0 Å². The minimum absolute atomic E-state index is 0.238. The minimum Gasteiger partial charge on any atom is -0.322 e. The average molecular weight is 403 g/mol. The maximum absolute atomic E-state index is 13.7. The van der Waals surface area contributed by atoms with Gasteiger partial charge in [-0.05, 0) is 43.7 Å². The molecular weight excluding hydrogens is 386 g/mol. The van der Waals surface area contributed by atoms with Gasteiger partial charge in [0, 0.05) is 11.1 Å². The van der Waals surface area contributed by atoms with E-state index >= 15 is 0 Å². The molecule has 0 aliphatic heterocycles. The molecule has 0 spiro atoms. The van der Waals surface area contributed by atoms with Gasteiger partial charge in [-0.15, -0.1) is 0 Å². The van der Waals surface area contributed by atoms with Crippen LogP contribution in [0.3, 0.4) is 0 Å². The number of carbonyl (C=O) groups excluding carboxylic acids is 1. The van der Waals surface area contributed by atoms with Crippen molar-refractivity contribution in [2.45, 2.75) is 19.9 Å². The molecule has 2 aromatic rings. The van der Waals surface area contributed by atoms with Crippen molar-refractivity contribution in [1.29, 1.82) is 0 Å². The van der Waals surface area contributed by atoms with Gasteiger partial charge >= 0.3 is 0 Å². The number of anilines is 2. The van der Waals surface area contributed by atoms with Crippen LogP contribution in [-0.4, -0.2) is 26.6 Å². The molecule has 1 amide bonds. The molecule has 0 aliphatic carbocycles. The van der Waals surface area contributed by atoms with E-state index in [1.54, 1.807) is 19.1 Å². The van der Waals surface area contributed by atoms with Gasteiger partial charge in [0.05, 0.1) is 17.6 Å². The smallest absolute Gasteiger partial charge is 0.248 e. The number of halogens is 3. The molecule has 2 rings (SSSR count). The predicted molar refractivity (Wildman–Crippen MR) is 98.0 cm³/mol. The zero-order valence-corrected chi connectivity index (χ0v) is 15.8. The van der Waals surface area contributed by atoms with Gasteiger partial charge in [0.25, 0.3) is 0 Å². The van der Waals surface area contributed by atoms with Crippen LogP contribution in [0.4, 0.5) is 20.2 Å². The Morgan fingerprint density at radius 2 is 1.85 bits per heavy atom. The number of rotatable bonds is 5. The standard InChI is InChI=1S/C17H17ClF2N2O3S/c1-10-4-5-12(18)8-16(10)22(26(3,24)25)11(2)17(23)21-15-7-6-13(19)9-14(15)20/h4-9,11H,1-3H3,(H,21,23)/t11-/m1/s1. The number of sulfonamides is 1. The third kappa shape index (κ3) is 4.50. The van der Waals surface area contributed by atoms with E-state index in [2.05, 4.69) is 5.32 Å². The van der Waals surface area contributed by atoms with E-state index in [4.69, 9.17) is 11.6 Å². The Morgan fingerprint density at radius 3 is 2.42 bits per heavy atom. The largest absolute Gasteiger partial charge is 0.322 e. The summed E-state index contributed by atoms with van der Waals surface area (Å²) < 4.78 is 52.2. The van der Waals surface area contributed by atoms with Crippen molar-refractivity contribution in [3.63, 3.8) is 0 Å². The van der Waals surface area contributed by atoms with E-state index in [1.165, 1.54) is 13.0 Å². The Labute approximate surface area is 155 Å². The normalized spacial score (nSPS) is 12.5. The van der Waals surface area contributed by atoms with Crippen LogP contribution < -0.4 is 9.62 Å². The third-order valence-electron chi connectivity index (χ3n) is 3.69. The monoisotopic (exact) mass is 402 g/mol. The highest BCUT2D eigenvalue weighted by molar-refractivity contribution is 7.92. The van der Waals surface area contributed by atoms with Gasteiger partial charge in [0.1, 0.15) is 17.7 Å². The fourth-order valence-corrected chi connectivity index (χ4v) is 3.82. The lowest BCUT2D eigenvalue weighted by atomic mass is 10.1. The topological polar surface area (TPSA) is 66.5 Å². The maximum atomic E-state index is 13.7. The van der Waals surface area contributed by atoms with E-state index < -0.39 is 33.6 Å². The number of hydrogen-bond acceptors (Lipinski definition) is 3. The minimum atomic E-state index is -3.85. The van der Waals surface area contributed by atoms with Gasteiger partial charge in [0.2, 0.25) is 15.9 Å². The molecule has 1 atom stereocenters. The first-order valence-corrected chi connectivity index (χ1v) is 9.75. The predicted octanol–water partition coefficient (Wildman–Crippen LogP) is 3.72. The first kappa shape index (κ1) is 20.1. The highest BCUT2D eigenvalue weighted by Crippen LogP contribution is 2.28. The Bertz CT molecular complexity index is 951. The Kier molecular flexibility index (Phi) is 5.87. The van der Waals surface area contributed by atoms with Crippen molar-refractivity contribution >= 4 is 38.9 Å². The number of nitrogens with zero attached hydrogens (tertiary/aromatic N) is 1. The summed E-state index contributed by atoms with van der Waals surface area (Å²) in [5.41, 5.74) is 0.578. The van der Waals surface area contributed by atoms with Crippen LogP contribution in [0, 0.1) is 18.6 Å². The number of carbonyl (C=O) groups is 1. The summed E-state index contributed by atoms with van der Waals surface area (Å²) in [4.78, 5) is 12.5. The molecular formula is C17H17ClF2N2O3S. The molecule has 0 unspecified atom stereocenters. The Hall–Kier alpha value is -2.19. The molecule has 0 heterocycles. The third-order valence-corrected chi connectivity index (χ3v) is 5.15. The summed E-state index contributed by atoms with van der Waals surface area (Å²) in [6.45, 7) is 3.03. The average Bonchev–Trinajstić information content (AvgIpc) is 2.52. The fourth-order valence-electron chi connectivity index (χ4n) is 2.43. The lowest BCUT2D eigenvalue weighted by molar-refractivity contribution is -0.116. The van der Waals surface area contributed by atoms with E-state index in [0.29, 0.717) is 16.7 Å². The van der Waals surface area contributed by atoms with Crippen LogP contribution in [-0.2, 0) is 14.8 Å². The van der Waals surface area contributed by atoms with Crippen LogP contribution in [0.5, 0.6) is 0 Å². The van der Waals surface area contributed by atoms with Gasteiger partial charge < -0.3 is 5.32 Å². The molecule has 0 saturated carbocycles. The molecule has 0 aliphatic rings. The summed E-state index contributed by atoms with van der Waals surface area (Å²) in [5.74, 6) is -2.53. The molecule has 26 heavy (non-hydrogen) atoms. The van der Waals surface area contributed by atoms with E-state index in [9.17, 15) is 22.0 Å². The second kappa shape index (κ2) is 7.59. The van der Waals surface area contributed by atoms with Crippen molar-refractivity contribution in [3.8, 4) is 0 Å². The van der Waals surface area contributed by atoms with E-state index in [1.807, 2.05) is 0 Å².